The van der Waals surface area contributed by atoms with Crippen molar-refractivity contribution in [3.05, 3.63) is 90.5 Å². The highest BCUT2D eigenvalue weighted by Crippen LogP contribution is 2.27. The Morgan fingerprint density at radius 1 is 0.886 bits per heavy atom. The molecule has 3 aromatic carbocycles. The van der Waals surface area contributed by atoms with Crippen molar-refractivity contribution in [3.63, 3.8) is 0 Å². The number of hydrogen-bond donors (Lipinski definition) is 2. The van der Waals surface area contributed by atoms with Gasteiger partial charge in [-0.15, -0.1) is 0 Å². The summed E-state index contributed by atoms with van der Waals surface area (Å²) >= 11 is 0. The first-order valence-corrected chi connectivity index (χ1v) is 13.1. The maximum absolute atomic E-state index is 13.3. The number of piperidine rings is 1. The summed E-state index contributed by atoms with van der Waals surface area (Å²) < 4.78 is 28.2. The first-order valence-electron chi connectivity index (χ1n) is 11.7. The number of rotatable bonds is 5. The summed E-state index contributed by atoms with van der Waals surface area (Å²) in [7, 11) is -3.70. The molecule has 7 nitrogen and oxygen atoms in total. The molecule has 3 aromatic rings. The van der Waals surface area contributed by atoms with Gasteiger partial charge in [0.1, 0.15) is 0 Å². The maximum Gasteiger partial charge on any atom is 0.258 e. The second-order valence-electron chi connectivity index (χ2n) is 9.04. The normalized spacial score (nSPS) is 19.2. The second kappa shape index (κ2) is 10.8. The van der Waals surface area contributed by atoms with E-state index in [4.69, 9.17) is 0 Å². The Morgan fingerprint density at radius 3 is 2.17 bits per heavy atom. The van der Waals surface area contributed by atoms with Crippen LogP contribution in [0.5, 0.6) is 0 Å². The van der Waals surface area contributed by atoms with Crippen LogP contribution in [0.25, 0.3) is 0 Å². The van der Waals surface area contributed by atoms with Gasteiger partial charge in [-0.2, -0.15) is 4.31 Å². The molecular formula is C27H30N4O3S. The fourth-order valence-electron chi connectivity index (χ4n) is 4.31. The van der Waals surface area contributed by atoms with E-state index in [9.17, 15) is 13.2 Å². The number of benzene rings is 3. The molecule has 1 amide bonds. The van der Waals surface area contributed by atoms with Crippen molar-refractivity contribution in [3.8, 4) is 0 Å². The molecule has 2 atom stereocenters. The number of amides is 1. The third kappa shape index (κ3) is 6.35. The van der Waals surface area contributed by atoms with Gasteiger partial charge in [-0.3, -0.25) is 10.1 Å². The monoisotopic (exact) mass is 490 g/mol. The van der Waals surface area contributed by atoms with E-state index in [0.29, 0.717) is 30.6 Å². The van der Waals surface area contributed by atoms with Crippen molar-refractivity contribution in [1.82, 2.24) is 9.62 Å². The summed E-state index contributed by atoms with van der Waals surface area (Å²) in [5.41, 5.74) is 1.66. The molecule has 1 heterocycles. The van der Waals surface area contributed by atoms with Gasteiger partial charge < -0.3 is 5.32 Å². The van der Waals surface area contributed by atoms with E-state index in [1.165, 1.54) is 16.4 Å². The van der Waals surface area contributed by atoms with Gasteiger partial charge in [0.05, 0.1) is 10.6 Å². The van der Waals surface area contributed by atoms with Crippen molar-refractivity contribution in [2.45, 2.75) is 25.2 Å². The molecule has 1 fully saturated rings. The van der Waals surface area contributed by atoms with Gasteiger partial charge in [0.25, 0.3) is 5.91 Å². The van der Waals surface area contributed by atoms with E-state index in [0.717, 1.165) is 12.1 Å². The number of para-hydroxylation sites is 2. The molecule has 182 valence electrons. The molecule has 2 N–H and O–H groups in total. The lowest BCUT2D eigenvalue weighted by Gasteiger charge is -2.34. The van der Waals surface area contributed by atoms with E-state index in [1.54, 1.807) is 12.1 Å². The van der Waals surface area contributed by atoms with Crippen LogP contribution in [-0.4, -0.2) is 37.7 Å². The molecule has 0 spiro atoms. The van der Waals surface area contributed by atoms with Crippen LogP contribution in [0.1, 0.15) is 30.6 Å². The number of carbonyl (C=O) groups excluding carboxylic acids is 1. The average molecular weight is 491 g/mol. The Balaban J connectivity index is 1.58. The highest BCUT2D eigenvalue weighted by atomic mass is 32.2. The quantitative estimate of drug-likeness (QED) is 0.394. The van der Waals surface area contributed by atoms with Crippen LogP contribution in [0.3, 0.4) is 0 Å². The van der Waals surface area contributed by atoms with E-state index < -0.39 is 15.9 Å². The van der Waals surface area contributed by atoms with Crippen molar-refractivity contribution >= 4 is 33.3 Å². The zero-order valence-corrected chi connectivity index (χ0v) is 20.7. The molecule has 35 heavy (non-hydrogen) atoms. The standard InChI is InChI=1S/C27H30N4O3S/c1-20-16-21(2)19-31(18-20)35(33,34)25-15-9-10-22(17-25)26(32)30-27(28-23-11-5-3-6-12-23)29-24-13-7-4-8-14-24/h3-15,17,20-21H,16,18-19H2,1-2H3,(H2,28,29,30,32). The van der Waals surface area contributed by atoms with Gasteiger partial charge in [0.2, 0.25) is 16.0 Å². The van der Waals surface area contributed by atoms with Crippen LogP contribution < -0.4 is 10.6 Å². The fraction of sp³-hybridized carbons (Fsp3) is 0.259. The molecule has 1 saturated heterocycles. The van der Waals surface area contributed by atoms with Gasteiger partial charge in [0.15, 0.2) is 0 Å². The Kier molecular flexibility index (Phi) is 7.63. The first-order chi connectivity index (χ1) is 16.8. The molecule has 0 aliphatic carbocycles. The van der Waals surface area contributed by atoms with Crippen molar-refractivity contribution in [2.24, 2.45) is 16.8 Å². The molecule has 0 saturated carbocycles. The van der Waals surface area contributed by atoms with Crippen LogP contribution in [-0.2, 0) is 10.0 Å². The number of carbonyl (C=O) groups is 1. The average Bonchev–Trinajstić information content (AvgIpc) is 2.85. The number of guanidine groups is 1. The molecule has 2 unspecified atom stereocenters. The molecule has 0 radical (unpaired) electrons. The Morgan fingerprint density at radius 2 is 1.51 bits per heavy atom. The van der Waals surface area contributed by atoms with E-state index in [2.05, 4.69) is 29.5 Å². The molecule has 0 aromatic heterocycles. The zero-order valence-electron chi connectivity index (χ0n) is 19.9. The topological polar surface area (TPSA) is 90.9 Å². The lowest BCUT2D eigenvalue weighted by atomic mass is 9.94. The SMILES string of the molecule is CC1CC(C)CN(S(=O)(=O)c2cccc(C(=O)NC(=Nc3ccccc3)Nc3ccccc3)c2)C1. The second-order valence-corrected chi connectivity index (χ2v) is 11.0. The summed E-state index contributed by atoms with van der Waals surface area (Å²) in [5, 5.41) is 5.92. The predicted octanol–water partition coefficient (Wildman–Crippen LogP) is 4.88. The van der Waals surface area contributed by atoms with Crippen molar-refractivity contribution in [1.29, 1.82) is 0 Å². The van der Waals surface area contributed by atoms with Gasteiger partial charge >= 0.3 is 0 Å². The third-order valence-electron chi connectivity index (χ3n) is 5.83. The number of anilines is 1. The van der Waals surface area contributed by atoms with Crippen LogP contribution in [0, 0.1) is 11.8 Å². The maximum atomic E-state index is 13.3. The first kappa shape index (κ1) is 24.6. The van der Waals surface area contributed by atoms with Gasteiger partial charge in [0, 0.05) is 24.3 Å². The minimum Gasteiger partial charge on any atom is -0.326 e. The van der Waals surface area contributed by atoms with Crippen LogP contribution in [0.2, 0.25) is 0 Å². The van der Waals surface area contributed by atoms with Crippen LogP contribution in [0.15, 0.2) is 94.8 Å². The number of aliphatic imine (C=N–C) groups is 1. The number of nitrogens with one attached hydrogen (secondary N) is 2. The molecular weight excluding hydrogens is 460 g/mol. The van der Waals surface area contributed by atoms with Gasteiger partial charge in [-0.05, 0) is 60.7 Å². The van der Waals surface area contributed by atoms with Gasteiger partial charge in [-0.25, -0.2) is 13.4 Å². The highest BCUT2D eigenvalue weighted by Gasteiger charge is 2.32. The molecule has 8 heteroatoms. The largest absolute Gasteiger partial charge is 0.326 e. The minimum absolute atomic E-state index is 0.115. The Labute approximate surface area is 207 Å². The number of hydrogen-bond acceptors (Lipinski definition) is 4. The summed E-state index contributed by atoms with van der Waals surface area (Å²) in [6.07, 6.45) is 1.01. The van der Waals surface area contributed by atoms with E-state index in [-0.39, 0.29) is 16.4 Å². The lowest BCUT2D eigenvalue weighted by molar-refractivity contribution is 0.0977. The third-order valence-corrected chi connectivity index (χ3v) is 7.66. The zero-order chi connectivity index (χ0) is 24.8. The summed E-state index contributed by atoms with van der Waals surface area (Å²) in [6.45, 7) is 5.10. The van der Waals surface area contributed by atoms with E-state index >= 15 is 0 Å². The fourth-order valence-corrected chi connectivity index (χ4v) is 6.03. The Bertz CT molecular complexity index is 1280. The lowest BCUT2D eigenvalue weighted by Crippen LogP contribution is -2.42. The minimum atomic E-state index is -3.70. The molecule has 1 aliphatic rings. The number of nitrogens with zero attached hydrogens (tertiary/aromatic N) is 2. The Hall–Kier alpha value is -3.49. The summed E-state index contributed by atoms with van der Waals surface area (Å²) in [4.78, 5) is 17.8. The number of sulfonamides is 1. The predicted molar refractivity (Wildman–Crippen MR) is 139 cm³/mol. The van der Waals surface area contributed by atoms with Crippen LogP contribution >= 0.6 is 0 Å². The van der Waals surface area contributed by atoms with Crippen molar-refractivity contribution < 1.29 is 13.2 Å². The summed E-state index contributed by atoms with van der Waals surface area (Å²) in [6, 6.07) is 24.8. The highest BCUT2D eigenvalue weighted by molar-refractivity contribution is 7.89. The van der Waals surface area contributed by atoms with Crippen molar-refractivity contribution in [2.75, 3.05) is 18.4 Å². The molecule has 0 bridgehead atoms. The van der Waals surface area contributed by atoms with E-state index in [1.807, 2.05) is 60.7 Å². The molecule has 4 rings (SSSR count). The smallest absolute Gasteiger partial charge is 0.258 e. The van der Waals surface area contributed by atoms with Gasteiger partial charge in [-0.1, -0.05) is 56.3 Å². The van der Waals surface area contributed by atoms with Crippen LogP contribution in [0.4, 0.5) is 11.4 Å². The molecule has 1 aliphatic heterocycles. The summed E-state index contributed by atoms with van der Waals surface area (Å²) in [5.74, 6) is 0.363.